The second-order valence-corrected chi connectivity index (χ2v) is 9.20. The number of carbonyl (C=O) groups is 1. The summed E-state index contributed by atoms with van der Waals surface area (Å²) in [5.74, 6) is 0.860. The molecule has 0 unspecified atom stereocenters. The van der Waals surface area contributed by atoms with Gasteiger partial charge in [0, 0.05) is 13.5 Å². The van der Waals surface area contributed by atoms with E-state index in [2.05, 4.69) is 10.3 Å². The van der Waals surface area contributed by atoms with Crippen molar-refractivity contribution >= 4 is 32.4 Å². The molecule has 0 bridgehead atoms. The zero-order valence-electron chi connectivity index (χ0n) is 15.3. The van der Waals surface area contributed by atoms with Gasteiger partial charge in [-0.1, -0.05) is 17.4 Å². The second kappa shape index (κ2) is 7.83. The van der Waals surface area contributed by atoms with Crippen LogP contribution in [0.3, 0.4) is 0 Å². The molecule has 3 rings (SSSR count). The Bertz CT molecular complexity index is 942. The van der Waals surface area contributed by atoms with Crippen LogP contribution in [-0.4, -0.2) is 44.4 Å². The lowest BCUT2D eigenvalue weighted by molar-refractivity contribution is -0.114. The summed E-state index contributed by atoms with van der Waals surface area (Å²) in [6.07, 6.45) is 2.76. The number of thiazole rings is 1. The Kier molecular flexibility index (Phi) is 5.68. The van der Waals surface area contributed by atoms with Gasteiger partial charge < -0.3 is 14.8 Å². The van der Waals surface area contributed by atoms with Gasteiger partial charge in [-0.25, -0.2) is 13.4 Å². The summed E-state index contributed by atoms with van der Waals surface area (Å²) in [5.41, 5.74) is 0.848. The minimum atomic E-state index is -3.72. The summed E-state index contributed by atoms with van der Waals surface area (Å²) in [7, 11) is -0.617. The summed E-state index contributed by atoms with van der Waals surface area (Å²) in [6.45, 7) is 1.78. The zero-order chi connectivity index (χ0) is 19.6. The van der Waals surface area contributed by atoms with Crippen molar-refractivity contribution in [3.63, 3.8) is 0 Å². The van der Waals surface area contributed by atoms with E-state index in [0.717, 1.165) is 23.3 Å². The molecular weight excluding hydrogens is 390 g/mol. The van der Waals surface area contributed by atoms with E-state index in [1.807, 2.05) is 12.1 Å². The molecule has 146 valence electrons. The van der Waals surface area contributed by atoms with Crippen molar-refractivity contribution in [2.24, 2.45) is 0 Å². The molecule has 8 nitrogen and oxygen atoms in total. The highest BCUT2D eigenvalue weighted by molar-refractivity contribution is 7.91. The van der Waals surface area contributed by atoms with Gasteiger partial charge in [-0.3, -0.25) is 4.79 Å². The number of aromatic nitrogens is 1. The highest BCUT2D eigenvalue weighted by Crippen LogP contribution is 2.40. The van der Waals surface area contributed by atoms with Crippen molar-refractivity contribution in [3.8, 4) is 11.5 Å². The molecule has 1 atom stereocenters. The maximum absolute atomic E-state index is 13.1. The molecule has 1 aromatic carbocycles. The smallest absolute Gasteiger partial charge is 0.254 e. The third kappa shape index (κ3) is 3.92. The Balaban J connectivity index is 1.91. The van der Waals surface area contributed by atoms with Crippen molar-refractivity contribution in [1.29, 1.82) is 0 Å². The molecule has 1 fully saturated rings. The number of sulfonamides is 1. The molecule has 1 saturated heterocycles. The van der Waals surface area contributed by atoms with Crippen LogP contribution in [-0.2, 0) is 14.8 Å². The van der Waals surface area contributed by atoms with E-state index in [0.29, 0.717) is 24.5 Å². The topological polar surface area (TPSA) is 97.8 Å². The highest BCUT2D eigenvalue weighted by Gasteiger charge is 2.37. The third-order valence-corrected chi connectivity index (χ3v) is 7.58. The van der Waals surface area contributed by atoms with Crippen LogP contribution in [0.25, 0.3) is 0 Å². The van der Waals surface area contributed by atoms with Gasteiger partial charge in [0.1, 0.15) is 0 Å². The fourth-order valence-corrected chi connectivity index (χ4v) is 6.01. The van der Waals surface area contributed by atoms with E-state index in [9.17, 15) is 13.2 Å². The molecular formula is C17H21N3O5S2. The first-order chi connectivity index (χ1) is 12.9. The zero-order valence-corrected chi connectivity index (χ0v) is 16.9. The van der Waals surface area contributed by atoms with Crippen molar-refractivity contribution in [1.82, 2.24) is 9.29 Å². The Morgan fingerprint density at radius 3 is 2.70 bits per heavy atom. The van der Waals surface area contributed by atoms with Crippen molar-refractivity contribution in [3.05, 3.63) is 30.0 Å². The lowest BCUT2D eigenvalue weighted by atomic mass is 10.0. The van der Waals surface area contributed by atoms with Crippen LogP contribution in [0.15, 0.2) is 28.6 Å². The van der Waals surface area contributed by atoms with Gasteiger partial charge in [0.05, 0.1) is 26.5 Å². The van der Waals surface area contributed by atoms with E-state index in [1.165, 1.54) is 17.4 Å². The normalized spacial score (nSPS) is 17.7. The molecule has 0 radical (unpaired) electrons. The first-order valence-electron chi connectivity index (χ1n) is 8.34. The van der Waals surface area contributed by atoms with Gasteiger partial charge in [0.2, 0.25) is 5.91 Å². The molecule has 0 saturated carbocycles. The molecule has 1 aliphatic heterocycles. The number of nitrogens with one attached hydrogen (secondary N) is 1. The fourth-order valence-electron chi connectivity index (χ4n) is 3.12. The Hall–Kier alpha value is -2.17. The fraction of sp³-hybridized carbons (Fsp3) is 0.412. The van der Waals surface area contributed by atoms with Gasteiger partial charge in [-0.05, 0) is 30.5 Å². The predicted octanol–water partition coefficient (Wildman–Crippen LogP) is 2.64. The molecule has 10 heteroatoms. The number of benzene rings is 1. The SMILES string of the molecule is COc1ccc([C@@H]2CCCN2S(=O)(=O)c2cnc(NC(C)=O)s2)cc1OC. The summed E-state index contributed by atoms with van der Waals surface area (Å²) >= 11 is 0.949. The maximum atomic E-state index is 13.1. The Morgan fingerprint density at radius 2 is 2.04 bits per heavy atom. The number of hydrogen-bond donors (Lipinski definition) is 1. The first kappa shape index (κ1) is 19.6. The van der Waals surface area contributed by atoms with Crippen molar-refractivity contribution < 1.29 is 22.7 Å². The third-order valence-electron chi connectivity index (χ3n) is 4.33. The average molecular weight is 412 g/mol. The lowest BCUT2D eigenvalue weighted by Crippen LogP contribution is -2.30. The van der Waals surface area contributed by atoms with Crippen LogP contribution in [0.1, 0.15) is 31.4 Å². The van der Waals surface area contributed by atoms with Crippen molar-refractivity contribution in [2.75, 3.05) is 26.1 Å². The van der Waals surface area contributed by atoms with Crippen molar-refractivity contribution in [2.45, 2.75) is 30.0 Å². The van der Waals surface area contributed by atoms with Crippen LogP contribution in [0.2, 0.25) is 0 Å². The van der Waals surface area contributed by atoms with Gasteiger partial charge in [0.15, 0.2) is 20.8 Å². The van der Waals surface area contributed by atoms with Gasteiger partial charge in [-0.15, -0.1) is 0 Å². The summed E-state index contributed by atoms with van der Waals surface area (Å²) in [5, 5.41) is 2.78. The number of ether oxygens (including phenoxy) is 2. The molecule has 2 heterocycles. The van der Waals surface area contributed by atoms with Crippen LogP contribution in [0.5, 0.6) is 11.5 Å². The van der Waals surface area contributed by atoms with E-state index < -0.39 is 10.0 Å². The molecule has 27 heavy (non-hydrogen) atoms. The molecule has 1 aliphatic rings. The van der Waals surface area contributed by atoms with Gasteiger partial charge in [-0.2, -0.15) is 4.31 Å². The molecule has 0 spiro atoms. The second-order valence-electron chi connectivity index (χ2n) is 6.05. The predicted molar refractivity (Wildman–Crippen MR) is 102 cm³/mol. The molecule has 0 aliphatic carbocycles. The van der Waals surface area contributed by atoms with Crippen LogP contribution in [0.4, 0.5) is 5.13 Å². The van der Waals surface area contributed by atoms with Gasteiger partial charge >= 0.3 is 0 Å². The number of rotatable bonds is 6. The molecule has 2 aromatic rings. The number of methoxy groups -OCH3 is 2. The molecule has 1 amide bonds. The minimum absolute atomic E-state index is 0.110. The number of hydrogen-bond acceptors (Lipinski definition) is 7. The molecule has 1 N–H and O–H groups in total. The number of amides is 1. The Labute approximate surface area is 162 Å². The average Bonchev–Trinajstić information content (AvgIpc) is 3.30. The summed E-state index contributed by atoms with van der Waals surface area (Å²) in [6, 6.07) is 5.15. The van der Waals surface area contributed by atoms with E-state index in [-0.39, 0.29) is 21.3 Å². The number of nitrogens with zero attached hydrogens (tertiary/aromatic N) is 2. The Morgan fingerprint density at radius 1 is 1.30 bits per heavy atom. The lowest BCUT2D eigenvalue weighted by Gasteiger charge is -2.24. The summed E-state index contributed by atoms with van der Waals surface area (Å²) < 4.78 is 38.4. The standard InChI is InChI=1S/C17H21N3O5S2/c1-11(21)19-17-18-10-16(26-17)27(22,23)20-8-4-5-13(20)12-6-7-14(24-2)15(9-12)25-3/h6-7,9-10,13H,4-5,8H2,1-3H3,(H,18,19,21)/t13-/m0/s1. The summed E-state index contributed by atoms with van der Waals surface area (Å²) in [4.78, 5) is 15.1. The monoisotopic (exact) mass is 411 g/mol. The number of carbonyl (C=O) groups excluding carboxylic acids is 1. The largest absolute Gasteiger partial charge is 0.493 e. The van der Waals surface area contributed by atoms with Gasteiger partial charge in [0.25, 0.3) is 10.0 Å². The highest BCUT2D eigenvalue weighted by atomic mass is 32.2. The van der Waals surface area contributed by atoms with E-state index in [4.69, 9.17) is 9.47 Å². The van der Waals surface area contributed by atoms with Crippen LogP contribution in [0, 0.1) is 0 Å². The molecule has 1 aromatic heterocycles. The minimum Gasteiger partial charge on any atom is -0.493 e. The van der Waals surface area contributed by atoms with E-state index in [1.54, 1.807) is 20.3 Å². The maximum Gasteiger partial charge on any atom is 0.254 e. The van der Waals surface area contributed by atoms with Crippen LogP contribution < -0.4 is 14.8 Å². The van der Waals surface area contributed by atoms with Crippen LogP contribution >= 0.6 is 11.3 Å². The van der Waals surface area contributed by atoms with E-state index >= 15 is 0 Å². The number of anilines is 1. The quantitative estimate of drug-likeness (QED) is 0.785. The first-order valence-corrected chi connectivity index (χ1v) is 10.6.